The molecule has 2 heterocycles. The lowest BCUT2D eigenvalue weighted by atomic mass is 9.85. The molecule has 7 nitrogen and oxygen atoms in total. The van der Waals surface area contributed by atoms with Crippen LogP contribution < -0.4 is 9.47 Å². The van der Waals surface area contributed by atoms with Crippen molar-refractivity contribution < 1.29 is 42.3 Å². The van der Waals surface area contributed by atoms with Gasteiger partial charge in [-0.3, -0.25) is 0 Å². The number of alkyl halides is 2. The highest BCUT2D eigenvalue weighted by Crippen LogP contribution is 2.50. The zero-order chi connectivity index (χ0) is 40.7. The van der Waals surface area contributed by atoms with Gasteiger partial charge in [0.1, 0.15) is 24.2 Å². The number of hydrogen-bond acceptors (Lipinski definition) is 7. The second-order valence-electron chi connectivity index (χ2n) is 14.8. The number of hydrogen-bond donors (Lipinski definition) is 1. The second kappa shape index (κ2) is 18.4. The molecule has 0 aromatic heterocycles. The number of aliphatic hydroxyl groups is 1. The van der Waals surface area contributed by atoms with Crippen LogP contribution in [-0.4, -0.2) is 42.6 Å². The first-order chi connectivity index (χ1) is 28.8. The first-order valence-electron chi connectivity index (χ1n) is 19.7. The van der Waals surface area contributed by atoms with Crippen LogP contribution in [0.2, 0.25) is 5.02 Å². The quantitative estimate of drug-likeness (QED) is 0.104. The van der Waals surface area contributed by atoms with Crippen molar-refractivity contribution in [1.29, 1.82) is 0 Å². The summed E-state index contributed by atoms with van der Waals surface area (Å²) >= 11 is 7.03. The van der Waals surface area contributed by atoms with E-state index in [1.807, 2.05) is 115 Å². The molecular formula is C49H45ClF2O7. The van der Waals surface area contributed by atoms with Crippen molar-refractivity contribution in [3.8, 4) is 11.5 Å². The molecule has 8 rings (SSSR count). The van der Waals surface area contributed by atoms with Gasteiger partial charge in [-0.05, 0) is 63.6 Å². The third-order valence-corrected chi connectivity index (χ3v) is 11.0. The normalized spacial score (nSPS) is 20.8. The highest BCUT2D eigenvalue weighted by Gasteiger charge is 2.66. The molecule has 0 radical (unpaired) electrons. The van der Waals surface area contributed by atoms with Crippen LogP contribution in [0.5, 0.6) is 11.5 Å². The van der Waals surface area contributed by atoms with Crippen LogP contribution in [0.4, 0.5) is 8.78 Å². The van der Waals surface area contributed by atoms with Crippen molar-refractivity contribution in [3.63, 3.8) is 0 Å². The largest absolute Gasteiger partial charge is 0.493 e. The molecule has 1 fully saturated rings. The summed E-state index contributed by atoms with van der Waals surface area (Å²) in [6, 6.07) is 46.1. The maximum absolute atomic E-state index is 17.2. The zero-order valence-electron chi connectivity index (χ0n) is 32.4. The summed E-state index contributed by atoms with van der Waals surface area (Å²) in [5, 5.41) is 13.6. The van der Waals surface area contributed by atoms with Gasteiger partial charge in [0.2, 0.25) is 5.79 Å². The van der Waals surface area contributed by atoms with Crippen LogP contribution in [0.25, 0.3) is 0 Å². The van der Waals surface area contributed by atoms with Crippen molar-refractivity contribution in [2.75, 3.05) is 13.2 Å². The van der Waals surface area contributed by atoms with E-state index >= 15 is 8.78 Å². The summed E-state index contributed by atoms with van der Waals surface area (Å²) in [5.41, 5.74) is 5.68. The van der Waals surface area contributed by atoms with Gasteiger partial charge in [-0.25, -0.2) is 8.78 Å². The molecule has 304 valence electrons. The van der Waals surface area contributed by atoms with E-state index in [4.69, 9.17) is 40.0 Å². The molecule has 1 N–H and O–H groups in total. The van der Waals surface area contributed by atoms with Crippen molar-refractivity contribution in [1.82, 2.24) is 0 Å². The Balaban J connectivity index is 1.23. The van der Waals surface area contributed by atoms with E-state index in [9.17, 15) is 5.11 Å². The lowest BCUT2D eigenvalue weighted by molar-refractivity contribution is -0.406. The molecule has 1 unspecified atom stereocenters. The molecular weight excluding hydrogens is 774 g/mol. The summed E-state index contributed by atoms with van der Waals surface area (Å²) in [6.07, 6.45) is -4.63. The van der Waals surface area contributed by atoms with Gasteiger partial charge >= 0.3 is 5.92 Å². The Hall–Kier alpha value is -5.13. The molecule has 0 amide bonds. The third-order valence-electron chi connectivity index (χ3n) is 10.6. The van der Waals surface area contributed by atoms with Crippen LogP contribution in [0.15, 0.2) is 152 Å². The van der Waals surface area contributed by atoms with Crippen molar-refractivity contribution in [2.24, 2.45) is 0 Å². The van der Waals surface area contributed by atoms with Crippen LogP contribution in [0.3, 0.4) is 0 Å². The van der Waals surface area contributed by atoms with Crippen LogP contribution in [-0.2, 0) is 64.0 Å². The molecule has 0 saturated carbocycles. The Morgan fingerprint density at radius 2 is 1.20 bits per heavy atom. The van der Waals surface area contributed by atoms with Gasteiger partial charge in [0.15, 0.2) is 12.2 Å². The van der Waals surface area contributed by atoms with Gasteiger partial charge in [0.25, 0.3) is 0 Å². The molecule has 59 heavy (non-hydrogen) atoms. The van der Waals surface area contributed by atoms with Crippen LogP contribution in [0, 0.1) is 0 Å². The Labute approximate surface area is 348 Å². The third kappa shape index (κ3) is 9.52. The molecule has 6 aromatic rings. The number of ether oxygens (including phenoxy) is 6. The van der Waals surface area contributed by atoms with Crippen molar-refractivity contribution >= 4 is 11.6 Å². The smallest absolute Gasteiger partial charge is 0.304 e. The zero-order valence-corrected chi connectivity index (χ0v) is 33.1. The number of halogens is 3. The molecule has 4 atom stereocenters. The molecule has 0 aliphatic carbocycles. The van der Waals surface area contributed by atoms with Gasteiger partial charge < -0.3 is 33.5 Å². The summed E-state index contributed by atoms with van der Waals surface area (Å²) < 4.78 is 71.6. The number of fused-ring (bicyclic) bond motifs is 1. The summed E-state index contributed by atoms with van der Waals surface area (Å²) in [7, 11) is 0. The highest BCUT2D eigenvalue weighted by atomic mass is 35.5. The van der Waals surface area contributed by atoms with E-state index in [1.165, 1.54) is 0 Å². The van der Waals surface area contributed by atoms with Gasteiger partial charge in [-0.15, -0.1) is 0 Å². The van der Waals surface area contributed by atoms with E-state index in [0.717, 1.165) is 34.4 Å². The molecule has 1 saturated heterocycles. The molecule has 0 bridgehead atoms. The lowest BCUT2D eigenvalue weighted by Crippen LogP contribution is -2.68. The Morgan fingerprint density at radius 3 is 1.81 bits per heavy atom. The van der Waals surface area contributed by atoms with E-state index in [2.05, 4.69) is 0 Å². The Bertz CT molecular complexity index is 2280. The predicted molar refractivity (Wildman–Crippen MR) is 221 cm³/mol. The number of benzene rings is 6. The fourth-order valence-corrected chi connectivity index (χ4v) is 7.72. The maximum atomic E-state index is 17.2. The molecule has 6 aromatic carbocycles. The second-order valence-corrected chi connectivity index (χ2v) is 15.3. The van der Waals surface area contributed by atoms with Crippen LogP contribution in [0.1, 0.15) is 44.5 Å². The van der Waals surface area contributed by atoms with Crippen LogP contribution >= 0.6 is 11.6 Å². The minimum Gasteiger partial charge on any atom is -0.493 e. The topological polar surface area (TPSA) is 75.6 Å². The summed E-state index contributed by atoms with van der Waals surface area (Å²) in [6.45, 7) is -0.158. The molecule has 10 heteroatoms. The van der Waals surface area contributed by atoms with Crippen molar-refractivity contribution in [2.45, 2.75) is 69.3 Å². The average Bonchev–Trinajstić information content (AvgIpc) is 3.73. The Morgan fingerprint density at radius 1 is 0.644 bits per heavy atom. The maximum Gasteiger partial charge on any atom is 0.304 e. The minimum atomic E-state index is -3.72. The fraction of sp³-hybridized carbons (Fsp3) is 0.265. The van der Waals surface area contributed by atoms with Gasteiger partial charge in [-0.2, -0.15) is 0 Å². The SMILES string of the molecule is OC1(c2cc(Cc3ccc4c(c3)OCC4)c(Cl)cc2OCc2ccccc2)O[C@H](COCc2ccccc2)C(F)(F)[C@H](OCc2ccccc2)[C@H]1OCc1ccccc1. The number of rotatable bonds is 16. The monoisotopic (exact) mass is 818 g/mol. The summed E-state index contributed by atoms with van der Waals surface area (Å²) in [4.78, 5) is 0. The Kier molecular flexibility index (Phi) is 12.7. The fourth-order valence-electron chi connectivity index (χ4n) is 7.50. The van der Waals surface area contributed by atoms with Gasteiger partial charge in [0, 0.05) is 11.4 Å². The minimum absolute atomic E-state index is 0.0414. The average molecular weight is 819 g/mol. The van der Waals surface area contributed by atoms with Crippen molar-refractivity contribution in [3.05, 3.63) is 201 Å². The van der Waals surface area contributed by atoms with E-state index in [0.29, 0.717) is 34.7 Å². The molecule has 2 aliphatic heterocycles. The van der Waals surface area contributed by atoms with E-state index in [-0.39, 0.29) is 37.7 Å². The standard InChI is InChI=1S/C49H45ClF2O7/c50-42-28-44(56-30-35-15-7-2-8-16-35)41(27-40(42)25-38-21-22-39-23-24-55-43(39)26-38)49(53)47(58-32-37-19-11-4-12-20-37)46(57-31-36-17-9-3-10-18-36)48(51,52)45(59-49)33-54-29-34-13-5-1-6-14-34/h1-22,26-28,45-47,53H,23-25,29-33H2/t45-,46-,47-,49?/m1/s1. The van der Waals surface area contributed by atoms with E-state index in [1.54, 1.807) is 36.4 Å². The molecule has 0 spiro atoms. The highest BCUT2D eigenvalue weighted by molar-refractivity contribution is 6.31. The lowest BCUT2D eigenvalue weighted by Gasteiger charge is -2.50. The molecule has 2 aliphatic rings. The predicted octanol–water partition coefficient (Wildman–Crippen LogP) is 10.0. The van der Waals surface area contributed by atoms with E-state index < -0.39 is 36.6 Å². The first kappa shape index (κ1) is 40.6. The summed E-state index contributed by atoms with van der Waals surface area (Å²) in [5.74, 6) is -5.36. The first-order valence-corrected chi connectivity index (χ1v) is 20.1. The van der Waals surface area contributed by atoms with Gasteiger partial charge in [0.05, 0.1) is 38.6 Å². The van der Waals surface area contributed by atoms with Gasteiger partial charge in [-0.1, -0.05) is 145 Å².